The van der Waals surface area contributed by atoms with Crippen LogP contribution in [0.2, 0.25) is 0 Å². The minimum atomic E-state index is 0.524. The Kier molecular flexibility index (Phi) is 5.07. The summed E-state index contributed by atoms with van der Waals surface area (Å²) in [5.74, 6) is 0.869. The van der Waals surface area contributed by atoms with Crippen LogP contribution in [0.4, 0.5) is 0 Å². The predicted octanol–water partition coefficient (Wildman–Crippen LogP) is 2.83. The summed E-state index contributed by atoms with van der Waals surface area (Å²) in [6.07, 6.45) is 5.17. The van der Waals surface area contributed by atoms with Crippen LogP contribution in [0.5, 0.6) is 0 Å². The molecule has 0 bridgehead atoms. The van der Waals surface area contributed by atoms with Crippen LogP contribution in [-0.4, -0.2) is 26.3 Å². The standard InChI is InChI=1S/C13H27NO/c1-11-8-12(10-13(2,3)9-11)14-6-5-7-15-4/h11-12,14H,5-10H2,1-4H3/t11-,12+/m1/s1. The van der Waals surface area contributed by atoms with Crippen LogP contribution >= 0.6 is 0 Å². The summed E-state index contributed by atoms with van der Waals surface area (Å²) in [5, 5.41) is 3.66. The SMILES string of the molecule is COCCCN[C@H]1C[C@@H](C)CC(C)(C)C1. The van der Waals surface area contributed by atoms with Crippen LogP contribution in [0.3, 0.4) is 0 Å². The Morgan fingerprint density at radius 2 is 2.07 bits per heavy atom. The highest BCUT2D eigenvalue weighted by Crippen LogP contribution is 2.38. The fourth-order valence-electron chi connectivity index (χ4n) is 3.02. The minimum absolute atomic E-state index is 0.524. The summed E-state index contributed by atoms with van der Waals surface area (Å²) in [6, 6.07) is 0.723. The molecule has 2 nitrogen and oxygen atoms in total. The summed E-state index contributed by atoms with van der Waals surface area (Å²) >= 11 is 0. The lowest BCUT2D eigenvalue weighted by molar-refractivity contribution is 0.146. The molecule has 1 saturated carbocycles. The summed E-state index contributed by atoms with van der Waals surface area (Å²) in [6.45, 7) is 9.14. The van der Waals surface area contributed by atoms with E-state index in [0.29, 0.717) is 5.41 Å². The van der Waals surface area contributed by atoms with Gasteiger partial charge in [-0.1, -0.05) is 20.8 Å². The van der Waals surface area contributed by atoms with Crippen molar-refractivity contribution in [3.63, 3.8) is 0 Å². The molecule has 1 rings (SSSR count). The van der Waals surface area contributed by atoms with Crippen molar-refractivity contribution in [3.8, 4) is 0 Å². The maximum atomic E-state index is 5.05. The van der Waals surface area contributed by atoms with E-state index in [1.165, 1.54) is 19.3 Å². The third kappa shape index (κ3) is 4.98. The molecular formula is C13H27NO. The highest BCUT2D eigenvalue weighted by Gasteiger charge is 2.31. The van der Waals surface area contributed by atoms with Crippen LogP contribution in [0.25, 0.3) is 0 Å². The first-order valence-corrected chi connectivity index (χ1v) is 6.26. The molecule has 0 saturated heterocycles. The largest absolute Gasteiger partial charge is 0.385 e. The summed E-state index contributed by atoms with van der Waals surface area (Å²) < 4.78 is 5.05. The first kappa shape index (κ1) is 13.0. The maximum Gasteiger partial charge on any atom is 0.0474 e. The van der Waals surface area contributed by atoms with Crippen molar-refractivity contribution < 1.29 is 4.74 Å². The van der Waals surface area contributed by atoms with Gasteiger partial charge in [-0.05, 0) is 43.6 Å². The highest BCUT2D eigenvalue weighted by atomic mass is 16.5. The van der Waals surface area contributed by atoms with E-state index in [-0.39, 0.29) is 0 Å². The molecule has 0 spiro atoms. The monoisotopic (exact) mass is 213 g/mol. The predicted molar refractivity (Wildman–Crippen MR) is 65.1 cm³/mol. The van der Waals surface area contributed by atoms with Gasteiger partial charge in [0.25, 0.3) is 0 Å². The van der Waals surface area contributed by atoms with Gasteiger partial charge in [-0.3, -0.25) is 0 Å². The first-order valence-electron chi connectivity index (χ1n) is 6.26. The van der Waals surface area contributed by atoms with Crippen molar-refractivity contribution in [3.05, 3.63) is 0 Å². The van der Waals surface area contributed by atoms with Gasteiger partial charge < -0.3 is 10.1 Å². The average molecular weight is 213 g/mol. The molecule has 2 heteroatoms. The smallest absolute Gasteiger partial charge is 0.0474 e. The fraction of sp³-hybridized carbons (Fsp3) is 1.00. The lowest BCUT2D eigenvalue weighted by atomic mass is 9.70. The van der Waals surface area contributed by atoms with E-state index in [4.69, 9.17) is 4.74 Å². The number of nitrogens with one attached hydrogen (secondary N) is 1. The van der Waals surface area contributed by atoms with E-state index in [1.54, 1.807) is 7.11 Å². The summed E-state index contributed by atoms with van der Waals surface area (Å²) in [4.78, 5) is 0. The van der Waals surface area contributed by atoms with Crippen molar-refractivity contribution in [2.75, 3.05) is 20.3 Å². The van der Waals surface area contributed by atoms with E-state index in [0.717, 1.165) is 31.5 Å². The molecule has 0 amide bonds. The number of hydrogen-bond donors (Lipinski definition) is 1. The maximum absolute atomic E-state index is 5.05. The van der Waals surface area contributed by atoms with E-state index in [9.17, 15) is 0 Å². The number of ether oxygens (including phenoxy) is 1. The summed E-state index contributed by atoms with van der Waals surface area (Å²) in [7, 11) is 1.77. The molecule has 15 heavy (non-hydrogen) atoms. The van der Waals surface area contributed by atoms with E-state index in [1.807, 2.05) is 0 Å². The molecule has 0 heterocycles. The molecule has 1 fully saturated rings. The van der Waals surface area contributed by atoms with Gasteiger partial charge >= 0.3 is 0 Å². The Hall–Kier alpha value is -0.0800. The van der Waals surface area contributed by atoms with E-state index >= 15 is 0 Å². The third-order valence-corrected chi connectivity index (χ3v) is 3.35. The molecule has 0 aromatic rings. The fourth-order valence-corrected chi connectivity index (χ4v) is 3.02. The first-order chi connectivity index (χ1) is 7.03. The van der Waals surface area contributed by atoms with Crippen LogP contribution in [-0.2, 0) is 4.74 Å². The Bertz CT molecular complexity index is 179. The minimum Gasteiger partial charge on any atom is -0.385 e. The Balaban J connectivity index is 2.23. The number of hydrogen-bond acceptors (Lipinski definition) is 2. The van der Waals surface area contributed by atoms with E-state index < -0.39 is 0 Å². The summed E-state index contributed by atoms with van der Waals surface area (Å²) in [5.41, 5.74) is 0.524. The van der Waals surface area contributed by atoms with Gasteiger partial charge in [-0.25, -0.2) is 0 Å². The lowest BCUT2D eigenvalue weighted by Crippen LogP contribution is -2.40. The van der Waals surface area contributed by atoms with Crippen LogP contribution in [0.1, 0.15) is 46.5 Å². The second-order valence-corrected chi connectivity index (χ2v) is 5.91. The van der Waals surface area contributed by atoms with Gasteiger partial charge in [-0.2, -0.15) is 0 Å². The molecule has 90 valence electrons. The molecule has 1 N–H and O–H groups in total. The van der Waals surface area contributed by atoms with Crippen LogP contribution in [0, 0.1) is 11.3 Å². The van der Waals surface area contributed by atoms with Crippen LogP contribution in [0.15, 0.2) is 0 Å². The zero-order valence-electron chi connectivity index (χ0n) is 10.8. The second kappa shape index (κ2) is 5.86. The number of rotatable bonds is 5. The van der Waals surface area contributed by atoms with Gasteiger partial charge in [0, 0.05) is 19.8 Å². The normalized spacial score (nSPS) is 30.4. The zero-order valence-corrected chi connectivity index (χ0v) is 10.8. The Labute approximate surface area is 94.8 Å². The van der Waals surface area contributed by atoms with Crippen molar-refractivity contribution in [2.24, 2.45) is 11.3 Å². The molecule has 2 atom stereocenters. The van der Waals surface area contributed by atoms with E-state index in [2.05, 4.69) is 26.1 Å². The Morgan fingerprint density at radius 3 is 2.67 bits per heavy atom. The molecule has 1 aliphatic rings. The molecule has 0 aromatic heterocycles. The lowest BCUT2D eigenvalue weighted by Gasteiger charge is -2.39. The molecule has 0 radical (unpaired) electrons. The average Bonchev–Trinajstić information content (AvgIpc) is 2.09. The van der Waals surface area contributed by atoms with Crippen molar-refractivity contribution >= 4 is 0 Å². The Morgan fingerprint density at radius 1 is 1.33 bits per heavy atom. The molecular weight excluding hydrogens is 186 g/mol. The zero-order chi connectivity index (χ0) is 11.3. The number of methoxy groups -OCH3 is 1. The van der Waals surface area contributed by atoms with Gasteiger partial charge in [0.05, 0.1) is 0 Å². The van der Waals surface area contributed by atoms with Gasteiger partial charge in [0.1, 0.15) is 0 Å². The topological polar surface area (TPSA) is 21.3 Å². The molecule has 0 aliphatic heterocycles. The molecule has 0 unspecified atom stereocenters. The molecule has 0 aromatic carbocycles. The van der Waals surface area contributed by atoms with Crippen molar-refractivity contribution in [1.82, 2.24) is 5.32 Å². The van der Waals surface area contributed by atoms with Crippen LogP contribution < -0.4 is 5.32 Å². The van der Waals surface area contributed by atoms with Crippen molar-refractivity contribution in [2.45, 2.75) is 52.5 Å². The van der Waals surface area contributed by atoms with Gasteiger partial charge in [-0.15, -0.1) is 0 Å². The molecule has 1 aliphatic carbocycles. The van der Waals surface area contributed by atoms with Crippen molar-refractivity contribution in [1.29, 1.82) is 0 Å². The van der Waals surface area contributed by atoms with Gasteiger partial charge in [0.2, 0.25) is 0 Å². The highest BCUT2D eigenvalue weighted by molar-refractivity contribution is 4.86. The third-order valence-electron chi connectivity index (χ3n) is 3.35. The quantitative estimate of drug-likeness (QED) is 0.709. The van der Waals surface area contributed by atoms with Gasteiger partial charge in [0.15, 0.2) is 0 Å². The second-order valence-electron chi connectivity index (χ2n) is 5.91.